The largest absolute Gasteiger partial charge is 0.477 e. The highest BCUT2D eigenvalue weighted by Gasteiger charge is 2.20. The van der Waals surface area contributed by atoms with Gasteiger partial charge >= 0.3 is 0 Å². The van der Waals surface area contributed by atoms with Crippen molar-refractivity contribution in [3.05, 3.63) is 10.7 Å². The van der Waals surface area contributed by atoms with Gasteiger partial charge in [-0.15, -0.1) is 0 Å². The van der Waals surface area contributed by atoms with Crippen molar-refractivity contribution in [2.24, 2.45) is 0 Å². The molecule has 1 aromatic heterocycles. The van der Waals surface area contributed by atoms with E-state index in [2.05, 4.69) is 43.2 Å². The summed E-state index contributed by atoms with van der Waals surface area (Å²) in [5.41, 5.74) is 0. The lowest BCUT2D eigenvalue weighted by Crippen LogP contribution is -2.26. The fourth-order valence-electron chi connectivity index (χ4n) is 2.21. The molecule has 1 N–H and O–H groups in total. The number of aromatic nitrogens is 2. The van der Waals surface area contributed by atoms with Crippen molar-refractivity contribution in [1.82, 2.24) is 14.9 Å². The highest BCUT2D eigenvalue weighted by Crippen LogP contribution is 2.23. The zero-order valence-corrected chi connectivity index (χ0v) is 12.4. The monoisotopic (exact) mass is 314 g/mol. The average molecular weight is 315 g/mol. The standard InChI is InChI=1S/C12H19BrN4O/c1-14-12-15-8-10(13)11(16-12)18-7-5-9-4-3-6-17(9)2/h8-9H,3-7H2,1-2H3,(H,14,15,16). The molecule has 2 rings (SSSR count). The molecule has 1 aromatic rings. The summed E-state index contributed by atoms with van der Waals surface area (Å²) in [7, 11) is 3.97. The lowest BCUT2D eigenvalue weighted by Gasteiger charge is -2.19. The van der Waals surface area contributed by atoms with Crippen LogP contribution in [-0.4, -0.2) is 48.2 Å². The van der Waals surface area contributed by atoms with E-state index in [-0.39, 0.29) is 0 Å². The number of hydrogen-bond donors (Lipinski definition) is 1. The molecule has 18 heavy (non-hydrogen) atoms. The third-order valence-corrected chi connectivity index (χ3v) is 3.84. The number of likely N-dealkylation sites (tertiary alicyclic amines) is 1. The normalized spacial score (nSPS) is 20.1. The SMILES string of the molecule is CNc1ncc(Br)c(OCCC2CCCN2C)n1. The van der Waals surface area contributed by atoms with E-state index in [4.69, 9.17) is 4.74 Å². The zero-order chi connectivity index (χ0) is 13.0. The van der Waals surface area contributed by atoms with Crippen molar-refractivity contribution >= 4 is 21.9 Å². The Balaban J connectivity index is 1.86. The molecule has 0 aromatic carbocycles. The summed E-state index contributed by atoms with van der Waals surface area (Å²) in [5.74, 6) is 1.18. The van der Waals surface area contributed by atoms with Crippen LogP contribution in [0.15, 0.2) is 10.7 Å². The molecule has 100 valence electrons. The summed E-state index contributed by atoms with van der Waals surface area (Å²) in [6.07, 6.45) is 5.31. The van der Waals surface area contributed by atoms with Gasteiger partial charge in [-0.2, -0.15) is 4.98 Å². The number of nitrogens with zero attached hydrogens (tertiary/aromatic N) is 3. The van der Waals surface area contributed by atoms with E-state index in [1.807, 2.05) is 0 Å². The van der Waals surface area contributed by atoms with E-state index in [1.54, 1.807) is 13.2 Å². The van der Waals surface area contributed by atoms with Crippen LogP contribution in [0.1, 0.15) is 19.3 Å². The van der Waals surface area contributed by atoms with Crippen LogP contribution in [0.3, 0.4) is 0 Å². The van der Waals surface area contributed by atoms with Crippen molar-refractivity contribution < 1.29 is 4.74 Å². The minimum absolute atomic E-state index is 0.575. The van der Waals surface area contributed by atoms with E-state index < -0.39 is 0 Å². The molecule has 6 heteroatoms. The van der Waals surface area contributed by atoms with E-state index in [9.17, 15) is 0 Å². The summed E-state index contributed by atoms with van der Waals surface area (Å²) in [4.78, 5) is 10.8. The summed E-state index contributed by atoms with van der Waals surface area (Å²) in [6, 6.07) is 0.648. The minimum atomic E-state index is 0.575. The highest BCUT2D eigenvalue weighted by atomic mass is 79.9. The van der Waals surface area contributed by atoms with Gasteiger partial charge in [0.25, 0.3) is 0 Å². The van der Waals surface area contributed by atoms with Gasteiger partial charge in [-0.25, -0.2) is 4.98 Å². The fourth-order valence-corrected chi connectivity index (χ4v) is 2.51. The molecular formula is C12H19BrN4O. The lowest BCUT2D eigenvalue weighted by atomic mass is 10.1. The summed E-state index contributed by atoms with van der Waals surface area (Å²) < 4.78 is 6.52. The topological polar surface area (TPSA) is 50.3 Å². The molecule has 0 spiro atoms. The highest BCUT2D eigenvalue weighted by molar-refractivity contribution is 9.10. The Kier molecular flexibility index (Phi) is 4.77. The first-order valence-corrected chi connectivity index (χ1v) is 7.03. The number of hydrogen-bond acceptors (Lipinski definition) is 5. The fraction of sp³-hybridized carbons (Fsp3) is 0.667. The van der Waals surface area contributed by atoms with Crippen LogP contribution in [0.25, 0.3) is 0 Å². The van der Waals surface area contributed by atoms with Crippen molar-refractivity contribution in [3.8, 4) is 5.88 Å². The molecule has 0 bridgehead atoms. The van der Waals surface area contributed by atoms with E-state index >= 15 is 0 Å². The molecule has 0 aliphatic carbocycles. The molecule has 5 nitrogen and oxygen atoms in total. The van der Waals surface area contributed by atoms with Crippen LogP contribution in [0.4, 0.5) is 5.95 Å². The van der Waals surface area contributed by atoms with E-state index in [0.29, 0.717) is 24.5 Å². The predicted molar refractivity (Wildman–Crippen MR) is 75.0 cm³/mol. The predicted octanol–water partition coefficient (Wildman–Crippen LogP) is 2.14. The molecule has 1 fully saturated rings. The van der Waals surface area contributed by atoms with Gasteiger partial charge in [-0.3, -0.25) is 0 Å². The molecule has 1 aliphatic heterocycles. The van der Waals surface area contributed by atoms with Gasteiger partial charge in [0.2, 0.25) is 11.8 Å². The second-order valence-corrected chi connectivity index (χ2v) is 5.36. The van der Waals surface area contributed by atoms with Gasteiger partial charge in [-0.1, -0.05) is 0 Å². The number of nitrogens with one attached hydrogen (secondary N) is 1. The Bertz CT molecular complexity index is 402. The van der Waals surface area contributed by atoms with Crippen LogP contribution in [0.5, 0.6) is 5.88 Å². The first kappa shape index (κ1) is 13.5. The molecular weight excluding hydrogens is 296 g/mol. The van der Waals surface area contributed by atoms with Crippen LogP contribution < -0.4 is 10.1 Å². The molecule has 1 unspecified atom stereocenters. The van der Waals surface area contributed by atoms with Crippen LogP contribution in [0.2, 0.25) is 0 Å². The molecule has 0 amide bonds. The minimum Gasteiger partial charge on any atom is -0.477 e. The second-order valence-electron chi connectivity index (χ2n) is 4.51. The Hall–Kier alpha value is -0.880. The van der Waals surface area contributed by atoms with E-state index in [1.165, 1.54) is 19.4 Å². The first-order chi connectivity index (χ1) is 8.70. The summed E-state index contributed by atoms with van der Waals surface area (Å²) >= 11 is 3.40. The van der Waals surface area contributed by atoms with Crippen molar-refractivity contribution in [2.45, 2.75) is 25.3 Å². The maximum absolute atomic E-state index is 5.72. The molecule has 1 atom stereocenters. The smallest absolute Gasteiger partial charge is 0.232 e. The van der Waals surface area contributed by atoms with Gasteiger partial charge < -0.3 is 15.0 Å². The average Bonchev–Trinajstić information content (AvgIpc) is 2.77. The lowest BCUT2D eigenvalue weighted by molar-refractivity contribution is 0.227. The third-order valence-electron chi connectivity index (χ3n) is 3.30. The maximum Gasteiger partial charge on any atom is 0.232 e. The summed E-state index contributed by atoms with van der Waals surface area (Å²) in [6.45, 7) is 1.89. The quantitative estimate of drug-likeness (QED) is 0.902. The molecule has 0 saturated carbocycles. The molecule has 2 heterocycles. The van der Waals surface area contributed by atoms with Crippen molar-refractivity contribution in [3.63, 3.8) is 0 Å². The van der Waals surface area contributed by atoms with Crippen molar-refractivity contribution in [1.29, 1.82) is 0 Å². The van der Waals surface area contributed by atoms with E-state index in [0.717, 1.165) is 10.9 Å². The third kappa shape index (κ3) is 3.32. The number of anilines is 1. The van der Waals surface area contributed by atoms with Crippen LogP contribution in [-0.2, 0) is 0 Å². The Morgan fingerprint density at radius 2 is 2.44 bits per heavy atom. The van der Waals surface area contributed by atoms with Crippen LogP contribution in [0, 0.1) is 0 Å². The van der Waals surface area contributed by atoms with Crippen molar-refractivity contribution in [2.75, 3.05) is 32.6 Å². The number of rotatable bonds is 5. The number of halogens is 1. The first-order valence-electron chi connectivity index (χ1n) is 6.24. The molecule has 1 aliphatic rings. The maximum atomic E-state index is 5.72. The van der Waals surface area contributed by atoms with Gasteiger partial charge in [-0.05, 0) is 48.8 Å². The number of ether oxygens (including phenoxy) is 1. The Morgan fingerprint density at radius 1 is 1.61 bits per heavy atom. The molecule has 0 radical (unpaired) electrons. The Labute approximate surface area is 116 Å². The van der Waals surface area contributed by atoms with Gasteiger partial charge in [0.05, 0.1) is 17.3 Å². The second kappa shape index (κ2) is 6.33. The molecule has 1 saturated heterocycles. The van der Waals surface area contributed by atoms with Gasteiger partial charge in [0.1, 0.15) is 0 Å². The Morgan fingerprint density at radius 3 is 3.11 bits per heavy atom. The van der Waals surface area contributed by atoms with Gasteiger partial charge in [0, 0.05) is 13.1 Å². The van der Waals surface area contributed by atoms with Crippen LogP contribution >= 0.6 is 15.9 Å². The van der Waals surface area contributed by atoms with Gasteiger partial charge in [0.15, 0.2) is 0 Å². The summed E-state index contributed by atoms with van der Waals surface area (Å²) in [5, 5.41) is 2.90. The zero-order valence-electron chi connectivity index (χ0n) is 10.8.